The topological polar surface area (TPSA) is 79.0 Å². The molecular weight excluding hydrogens is 370 g/mol. The molecule has 7 nitrogen and oxygen atoms in total. The first-order valence-electron chi connectivity index (χ1n) is 9.58. The molecular formula is C22H25N3O4. The summed E-state index contributed by atoms with van der Waals surface area (Å²) in [5, 5.41) is 2.65. The number of methoxy groups -OCH3 is 1. The molecule has 1 saturated heterocycles. The van der Waals surface area contributed by atoms with E-state index in [4.69, 9.17) is 4.74 Å². The molecule has 0 radical (unpaired) electrons. The van der Waals surface area contributed by atoms with Crippen LogP contribution >= 0.6 is 0 Å². The number of carbonyl (C=O) groups is 3. The number of hydrogen-bond acceptors (Lipinski definition) is 4. The summed E-state index contributed by atoms with van der Waals surface area (Å²) < 4.78 is 5.13. The van der Waals surface area contributed by atoms with E-state index in [1.165, 1.54) is 0 Å². The van der Waals surface area contributed by atoms with Gasteiger partial charge in [-0.15, -0.1) is 0 Å². The zero-order chi connectivity index (χ0) is 20.6. The van der Waals surface area contributed by atoms with Gasteiger partial charge in [-0.1, -0.05) is 30.3 Å². The van der Waals surface area contributed by atoms with Gasteiger partial charge in [0.1, 0.15) is 5.75 Å². The first kappa shape index (κ1) is 20.4. The first-order valence-corrected chi connectivity index (χ1v) is 9.58. The van der Waals surface area contributed by atoms with Gasteiger partial charge in [0.2, 0.25) is 11.8 Å². The molecule has 0 spiro atoms. The average Bonchev–Trinajstić information content (AvgIpc) is 2.78. The maximum absolute atomic E-state index is 12.5. The molecule has 3 rings (SSSR count). The number of ether oxygens (including phenoxy) is 1. The monoisotopic (exact) mass is 395 g/mol. The van der Waals surface area contributed by atoms with Gasteiger partial charge in [-0.25, -0.2) is 0 Å². The summed E-state index contributed by atoms with van der Waals surface area (Å²) >= 11 is 0. The fraction of sp³-hybridized carbons (Fsp3) is 0.318. The van der Waals surface area contributed by atoms with Crippen molar-refractivity contribution in [1.29, 1.82) is 0 Å². The van der Waals surface area contributed by atoms with E-state index >= 15 is 0 Å². The number of hydrogen-bond donors (Lipinski definition) is 1. The number of amides is 3. The molecule has 1 aliphatic rings. The van der Waals surface area contributed by atoms with Crippen molar-refractivity contribution in [2.24, 2.45) is 0 Å². The van der Waals surface area contributed by atoms with Crippen LogP contribution in [0.25, 0.3) is 0 Å². The van der Waals surface area contributed by atoms with E-state index in [0.29, 0.717) is 38.2 Å². The highest BCUT2D eigenvalue weighted by atomic mass is 16.5. The second-order valence-corrected chi connectivity index (χ2v) is 6.84. The summed E-state index contributed by atoms with van der Waals surface area (Å²) in [7, 11) is 1.61. The van der Waals surface area contributed by atoms with Crippen LogP contribution in [-0.4, -0.2) is 67.4 Å². The molecule has 7 heteroatoms. The lowest BCUT2D eigenvalue weighted by atomic mass is 10.1. The van der Waals surface area contributed by atoms with E-state index in [-0.39, 0.29) is 24.3 Å². The van der Waals surface area contributed by atoms with E-state index in [1.807, 2.05) is 30.3 Å². The van der Waals surface area contributed by atoms with E-state index in [0.717, 1.165) is 11.3 Å². The molecule has 152 valence electrons. The molecule has 3 amide bonds. The summed E-state index contributed by atoms with van der Waals surface area (Å²) in [5.41, 5.74) is 1.45. The van der Waals surface area contributed by atoms with Gasteiger partial charge in [-0.2, -0.15) is 0 Å². The normalized spacial score (nSPS) is 13.7. The van der Waals surface area contributed by atoms with Crippen LogP contribution in [0.5, 0.6) is 5.75 Å². The lowest BCUT2D eigenvalue weighted by Crippen LogP contribution is -2.52. The van der Waals surface area contributed by atoms with Crippen molar-refractivity contribution in [1.82, 2.24) is 15.1 Å². The quantitative estimate of drug-likeness (QED) is 0.801. The predicted molar refractivity (Wildman–Crippen MR) is 109 cm³/mol. The summed E-state index contributed by atoms with van der Waals surface area (Å²) in [6, 6.07) is 16.2. The Morgan fingerprint density at radius 1 is 0.862 bits per heavy atom. The van der Waals surface area contributed by atoms with Crippen molar-refractivity contribution in [3.05, 3.63) is 65.7 Å². The third-order valence-corrected chi connectivity index (χ3v) is 4.94. The van der Waals surface area contributed by atoms with Crippen molar-refractivity contribution >= 4 is 17.7 Å². The van der Waals surface area contributed by atoms with Gasteiger partial charge in [0.05, 0.1) is 20.1 Å². The average molecular weight is 395 g/mol. The van der Waals surface area contributed by atoms with E-state index < -0.39 is 0 Å². The molecule has 1 heterocycles. The van der Waals surface area contributed by atoms with Gasteiger partial charge in [0, 0.05) is 31.7 Å². The number of benzene rings is 2. The second kappa shape index (κ2) is 9.73. The van der Waals surface area contributed by atoms with Crippen LogP contribution in [0.3, 0.4) is 0 Å². The summed E-state index contributed by atoms with van der Waals surface area (Å²) in [6.07, 6.45) is 0.324. The van der Waals surface area contributed by atoms with Crippen molar-refractivity contribution in [2.75, 3.05) is 39.8 Å². The zero-order valence-corrected chi connectivity index (χ0v) is 16.5. The van der Waals surface area contributed by atoms with Crippen LogP contribution < -0.4 is 10.1 Å². The fourth-order valence-electron chi connectivity index (χ4n) is 3.19. The standard InChI is InChI=1S/C22H25N3O4/c1-29-19-9-7-17(8-10-19)15-20(26)24-11-13-25(14-12-24)21(27)16-23-22(28)18-5-3-2-4-6-18/h2-10H,11-16H2,1H3,(H,23,28). The second-order valence-electron chi connectivity index (χ2n) is 6.84. The van der Waals surface area contributed by atoms with Crippen molar-refractivity contribution < 1.29 is 19.1 Å². The minimum absolute atomic E-state index is 0.0413. The first-order chi connectivity index (χ1) is 14.1. The molecule has 0 atom stereocenters. The Kier molecular flexibility index (Phi) is 6.84. The largest absolute Gasteiger partial charge is 0.497 e. The lowest BCUT2D eigenvalue weighted by Gasteiger charge is -2.35. The maximum atomic E-state index is 12.5. The summed E-state index contributed by atoms with van der Waals surface area (Å²) in [4.78, 5) is 40.4. The van der Waals surface area contributed by atoms with E-state index in [2.05, 4.69) is 5.32 Å². The highest BCUT2D eigenvalue weighted by Gasteiger charge is 2.24. The highest BCUT2D eigenvalue weighted by Crippen LogP contribution is 2.13. The van der Waals surface area contributed by atoms with Gasteiger partial charge < -0.3 is 19.9 Å². The van der Waals surface area contributed by atoms with E-state index in [1.54, 1.807) is 41.2 Å². The molecule has 0 saturated carbocycles. The van der Waals surface area contributed by atoms with Crippen LogP contribution in [0.15, 0.2) is 54.6 Å². The number of nitrogens with one attached hydrogen (secondary N) is 1. The van der Waals surface area contributed by atoms with Crippen molar-refractivity contribution in [3.63, 3.8) is 0 Å². The van der Waals surface area contributed by atoms with Gasteiger partial charge in [0.15, 0.2) is 0 Å². The predicted octanol–water partition coefficient (Wildman–Crippen LogP) is 1.34. The Balaban J connectivity index is 1.42. The molecule has 1 N–H and O–H groups in total. The molecule has 1 fully saturated rings. The molecule has 2 aromatic carbocycles. The minimum atomic E-state index is -0.271. The molecule has 2 aromatic rings. The number of rotatable bonds is 6. The Bertz CT molecular complexity index is 844. The number of carbonyl (C=O) groups excluding carboxylic acids is 3. The summed E-state index contributed by atoms with van der Waals surface area (Å²) in [6.45, 7) is 1.87. The maximum Gasteiger partial charge on any atom is 0.251 e. The van der Waals surface area contributed by atoms with Crippen LogP contribution in [-0.2, 0) is 16.0 Å². The lowest BCUT2D eigenvalue weighted by molar-refractivity contribution is -0.138. The molecule has 0 aliphatic carbocycles. The van der Waals surface area contributed by atoms with Gasteiger partial charge in [0.25, 0.3) is 5.91 Å². The Labute approximate surface area is 170 Å². The Morgan fingerprint density at radius 2 is 1.45 bits per heavy atom. The zero-order valence-electron chi connectivity index (χ0n) is 16.5. The minimum Gasteiger partial charge on any atom is -0.497 e. The Hall–Kier alpha value is -3.35. The number of nitrogens with zero attached hydrogens (tertiary/aromatic N) is 2. The molecule has 29 heavy (non-hydrogen) atoms. The molecule has 0 bridgehead atoms. The third-order valence-electron chi connectivity index (χ3n) is 4.94. The Morgan fingerprint density at radius 3 is 2.03 bits per heavy atom. The molecule has 0 aromatic heterocycles. The third kappa shape index (κ3) is 5.57. The van der Waals surface area contributed by atoms with E-state index in [9.17, 15) is 14.4 Å². The summed E-state index contributed by atoms with van der Waals surface area (Å²) in [5.74, 6) is 0.385. The molecule has 1 aliphatic heterocycles. The van der Waals surface area contributed by atoms with Crippen LogP contribution in [0.1, 0.15) is 15.9 Å². The van der Waals surface area contributed by atoms with Gasteiger partial charge in [-0.3, -0.25) is 14.4 Å². The van der Waals surface area contributed by atoms with Gasteiger partial charge >= 0.3 is 0 Å². The molecule has 0 unspecified atom stereocenters. The van der Waals surface area contributed by atoms with Crippen molar-refractivity contribution in [2.45, 2.75) is 6.42 Å². The van der Waals surface area contributed by atoms with Gasteiger partial charge in [-0.05, 0) is 29.8 Å². The smallest absolute Gasteiger partial charge is 0.251 e. The number of piperazine rings is 1. The highest BCUT2D eigenvalue weighted by molar-refractivity contribution is 5.96. The van der Waals surface area contributed by atoms with Crippen LogP contribution in [0.4, 0.5) is 0 Å². The van der Waals surface area contributed by atoms with Crippen LogP contribution in [0, 0.1) is 0 Å². The van der Waals surface area contributed by atoms with Crippen LogP contribution in [0.2, 0.25) is 0 Å². The SMILES string of the molecule is COc1ccc(CC(=O)N2CCN(C(=O)CNC(=O)c3ccccc3)CC2)cc1. The van der Waals surface area contributed by atoms with Crippen molar-refractivity contribution in [3.8, 4) is 5.75 Å². The fourth-order valence-corrected chi connectivity index (χ4v) is 3.19.